The number of rotatable bonds is 4. The van der Waals surface area contributed by atoms with Gasteiger partial charge in [-0.15, -0.1) is 0 Å². The van der Waals surface area contributed by atoms with Crippen LogP contribution in [-0.4, -0.2) is 56.0 Å². The molecule has 0 unspecified atom stereocenters. The molecule has 6 heteroatoms. The lowest BCUT2D eigenvalue weighted by atomic mass is 10.0. The van der Waals surface area contributed by atoms with Gasteiger partial charge in [-0.2, -0.15) is 0 Å². The quantitative estimate of drug-likeness (QED) is 0.788. The molecule has 3 rings (SSSR count). The van der Waals surface area contributed by atoms with Crippen LogP contribution in [0.15, 0.2) is 54.6 Å². The number of hydrazine groups is 1. The highest BCUT2D eigenvalue weighted by Crippen LogP contribution is 2.23. The molecule has 0 saturated carbocycles. The van der Waals surface area contributed by atoms with Crippen molar-refractivity contribution in [2.75, 3.05) is 25.6 Å². The summed E-state index contributed by atoms with van der Waals surface area (Å²) in [5, 5.41) is 3.24. The summed E-state index contributed by atoms with van der Waals surface area (Å²) < 4.78 is 23.5. The molecule has 1 aliphatic heterocycles. The van der Waals surface area contributed by atoms with E-state index in [1.54, 1.807) is 36.2 Å². The molecule has 0 radical (unpaired) electrons. The summed E-state index contributed by atoms with van der Waals surface area (Å²) in [7, 11) is 0.477. The lowest BCUT2D eigenvalue weighted by Gasteiger charge is -2.33. The van der Waals surface area contributed by atoms with E-state index < -0.39 is 9.84 Å². The van der Waals surface area contributed by atoms with E-state index in [0.717, 1.165) is 11.1 Å². The minimum absolute atomic E-state index is 0.0268. The summed E-state index contributed by atoms with van der Waals surface area (Å²) in [5.41, 5.74) is 2.68. The van der Waals surface area contributed by atoms with Crippen LogP contribution in [0.2, 0.25) is 0 Å². The minimum atomic E-state index is -3.05. The van der Waals surface area contributed by atoms with E-state index >= 15 is 0 Å². The molecular weight excluding hydrogens is 336 g/mol. The summed E-state index contributed by atoms with van der Waals surface area (Å²) in [6, 6.07) is 17.1. The molecule has 1 heterocycles. The number of sulfone groups is 1. The zero-order valence-electron chi connectivity index (χ0n) is 14.4. The van der Waals surface area contributed by atoms with Crippen molar-refractivity contribution in [1.29, 1.82) is 0 Å². The van der Waals surface area contributed by atoms with Crippen LogP contribution in [0.3, 0.4) is 0 Å². The van der Waals surface area contributed by atoms with Crippen molar-refractivity contribution in [3.63, 3.8) is 0 Å². The predicted octanol–water partition coefficient (Wildman–Crippen LogP) is 2.46. The Kier molecular flexibility index (Phi) is 4.92. The Hall–Kier alpha value is -2.18. The van der Waals surface area contributed by atoms with Crippen LogP contribution in [0.4, 0.5) is 0 Å². The third-order valence-electron chi connectivity index (χ3n) is 4.43. The summed E-state index contributed by atoms with van der Waals surface area (Å²) in [6.45, 7) is 0. The Labute approximate surface area is 148 Å². The van der Waals surface area contributed by atoms with Gasteiger partial charge in [0.15, 0.2) is 9.84 Å². The molecule has 1 saturated heterocycles. The molecular formula is C19H22N2O3S. The van der Waals surface area contributed by atoms with Crippen molar-refractivity contribution in [3.8, 4) is 11.1 Å². The van der Waals surface area contributed by atoms with Crippen molar-refractivity contribution in [2.24, 2.45) is 0 Å². The standard InChI is InChI=1S/C19H22N2O3S/c1-20(2)21(18-12-13-25(23,24)14-18)19(22)17-10-8-16(9-11-17)15-6-4-3-5-7-15/h3-11,18H,12-14H2,1-2H3/t18-/m1/s1. The van der Waals surface area contributed by atoms with Crippen molar-refractivity contribution < 1.29 is 13.2 Å². The molecule has 0 aromatic heterocycles. The lowest BCUT2D eigenvalue weighted by molar-refractivity contribution is 0.00101. The normalized spacial score (nSPS) is 19.1. The first-order valence-corrected chi connectivity index (χ1v) is 10.1. The second kappa shape index (κ2) is 6.98. The van der Waals surface area contributed by atoms with E-state index in [4.69, 9.17) is 0 Å². The number of carbonyl (C=O) groups excluding carboxylic acids is 1. The SMILES string of the molecule is CN(C)N(C(=O)c1ccc(-c2ccccc2)cc1)[C@@H]1CCS(=O)(=O)C1. The second-order valence-electron chi connectivity index (χ2n) is 6.50. The van der Waals surface area contributed by atoms with Gasteiger partial charge >= 0.3 is 0 Å². The van der Waals surface area contributed by atoms with Crippen LogP contribution in [0, 0.1) is 0 Å². The highest BCUT2D eigenvalue weighted by atomic mass is 32.2. The molecule has 132 valence electrons. The first-order valence-electron chi connectivity index (χ1n) is 8.24. The molecule has 0 aliphatic carbocycles. The van der Waals surface area contributed by atoms with Gasteiger partial charge in [0.25, 0.3) is 5.91 Å². The van der Waals surface area contributed by atoms with Gasteiger partial charge in [0.1, 0.15) is 0 Å². The summed E-state index contributed by atoms with van der Waals surface area (Å²) >= 11 is 0. The van der Waals surface area contributed by atoms with Crippen LogP contribution in [0.25, 0.3) is 11.1 Å². The highest BCUT2D eigenvalue weighted by Gasteiger charge is 2.36. The zero-order valence-corrected chi connectivity index (χ0v) is 15.2. The van der Waals surface area contributed by atoms with Gasteiger partial charge < -0.3 is 0 Å². The van der Waals surface area contributed by atoms with Gasteiger partial charge in [0, 0.05) is 19.7 Å². The number of hydrogen-bond donors (Lipinski definition) is 0. The van der Waals surface area contributed by atoms with Crippen LogP contribution >= 0.6 is 0 Å². The first kappa shape index (κ1) is 17.6. The van der Waals surface area contributed by atoms with Crippen molar-refractivity contribution >= 4 is 15.7 Å². The minimum Gasteiger partial charge on any atom is -0.268 e. The maximum Gasteiger partial charge on any atom is 0.268 e. The average molecular weight is 358 g/mol. The molecule has 2 aromatic carbocycles. The summed E-state index contributed by atoms with van der Waals surface area (Å²) in [6.07, 6.45) is 0.481. The second-order valence-corrected chi connectivity index (χ2v) is 8.73. The Morgan fingerprint density at radius 1 is 0.960 bits per heavy atom. The predicted molar refractivity (Wildman–Crippen MR) is 98.8 cm³/mol. The molecule has 0 N–H and O–H groups in total. The Morgan fingerprint density at radius 2 is 1.56 bits per heavy atom. The highest BCUT2D eigenvalue weighted by molar-refractivity contribution is 7.91. The van der Waals surface area contributed by atoms with Crippen molar-refractivity contribution in [2.45, 2.75) is 12.5 Å². The van der Waals surface area contributed by atoms with Crippen molar-refractivity contribution in [3.05, 3.63) is 60.2 Å². The summed E-state index contributed by atoms with van der Waals surface area (Å²) in [4.78, 5) is 12.9. The molecule has 2 aromatic rings. The van der Waals surface area contributed by atoms with E-state index in [9.17, 15) is 13.2 Å². The monoisotopic (exact) mass is 358 g/mol. The van der Waals surface area contributed by atoms with Gasteiger partial charge in [0.05, 0.1) is 17.5 Å². The van der Waals surface area contributed by atoms with E-state index in [0.29, 0.717) is 12.0 Å². The van der Waals surface area contributed by atoms with Crippen LogP contribution in [-0.2, 0) is 9.84 Å². The fourth-order valence-electron chi connectivity index (χ4n) is 3.21. The van der Waals surface area contributed by atoms with E-state index in [2.05, 4.69) is 0 Å². The fraction of sp³-hybridized carbons (Fsp3) is 0.316. The average Bonchev–Trinajstić information content (AvgIpc) is 2.95. The molecule has 5 nitrogen and oxygen atoms in total. The Morgan fingerprint density at radius 3 is 2.08 bits per heavy atom. The van der Waals surface area contributed by atoms with Crippen molar-refractivity contribution in [1.82, 2.24) is 10.0 Å². The molecule has 0 bridgehead atoms. The van der Waals surface area contributed by atoms with Gasteiger partial charge in [-0.05, 0) is 29.7 Å². The van der Waals surface area contributed by atoms with E-state index in [1.807, 2.05) is 42.5 Å². The van der Waals surface area contributed by atoms with E-state index in [-0.39, 0.29) is 23.5 Å². The molecule has 1 fully saturated rings. The number of amides is 1. The van der Waals surface area contributed by atoms with Crippen LogP contribution < -0.4 is 0 Å². The van der Waals surface area contributed by atoms with Gasteiger partial charge in [-0.25, -0.2) is 13.4 Å². The zero-order chi connectivity index (χ0) is 18.0. The first-order chi connectivity index (χ1) is 11.9. The molecule has 0 spiro atoms. The molecule has 1 atom stereocenters. The van der Waals surface area contributed by atoms with Crippen LogP contribution in [0.5, 0.6) is 0 Å². The maximum atomic E-state index is 12.9. The van der Waals surface area contributed by atoms with E-state index in [1.165, 1.54) is 0 Å². The van der Waals surface area contributed by atoms with Crippen LogP contribution in [0.1, 0.15) is 16.8 Å². The number of nitrogens with zero attached hydrogens (tertiary/aromatic N) is 2. The molecule has 25 heavy (non-hydrogen) atoms. The topological polar surface area (TPSA) is 57.7 Å². The number of benzene rings is 2. The lowest BCUT2D eigenvalue weighted by Crippen LogP contribution is -2.49. The molecule has 1 aliphatic rings. The Bertz CT molecular complexity index is 846. The van der Waals surface area contributed by atoms with Gasteiger partial charge in [-0.1, -0.05) is 42.5 Å². The van der Waals surface area contributed by atoms with Gasteiger partial charge in [0.2, 0.25) is 0 Å². The summed E-state index contributed by atoms with van der Waals surface area (Å²) in [5.74, 6) is -0.00643. The maximum absolute atomic E-state index is 12.9. The molecule has 1 amide bonds. The fourth-order valence-corrected chi connectivity index (χ4v) is 4.90. The smallest absolute Gasteiger partial charge is 0.268 e. The Balaban J connectivity index is 1.83. The third kappa shape index (κ3) is 3.91. The van der Waals surface area contributed by atoms with Gasteiger partial charge in [-0.3, -0.25) is 9.80 Å². The number of carbonyl (C=O) groups is 1. The number of hydrogen-bond acceptors (Lipinski definition) is 4. The third-order valence-corrected chi connectivity index (χ3v) is 6.18. The largest absolute Gasteiger partial charge is 0.268 e.